The van der Waals surface area contributed by atoms with Crippen LogP contribution in [-0.2, 0) is 12.8 Å². The van der Waals surface area contributed by atoms with E-state index >= 15 is 0 Å². The Balaban J connectivity index is 1.84. The first-order chi connectivity index (χ1) is 9.56. The van der Waals surface area contributed by atoms with E-state index in [2.05, 4.69) is 0 Å². The summed E-state index contributed by atoms with van der Waals surface area (Å²) in [4.78, 5) is 0. The highest BCUT2D eigenvalue weighted by molar-refractivity contribution is 5.40. The summed E-state index contributed by atoms with van der Waals surface area (Å²) in [5.74, 6) is 0.137. The van der Waals surface area contributed by atoms with Gasteiger partial charge in [-0.1, -0.05) is 6.07 Å². The number of aromatic hydroxyl groups is 4. The second kappa shape index (κ2) is 6.19. The van der Waals surface area contributed by atoms with E-state index in [1.54, 1.807) is 18.2 Å². The summed E-state index contributed by atoms with van der Waals surface area (Å²) in [6, 6.07) is 9.33. The van der Waals surface area contributed by atoms with Crippen LogP contribution in [0.5, 0.6) is 23.0 Å². The van der Waals surface area contributed by atoms with Crippen molar-refractivity contribution in [2.75, 3.05) is 0 Å². The molecule has 0 radical (unpaired) electrons. The van der Waals surface area contributed by atoms with Gasteiger partial charge in [0.25, 0.3) is 0 Å². The minimum absolute atomic E-state index is 0.104. The zero-order valence-electron chi connectivity index (χ0n) is 11.1. The molecule has 0 aliphatic heterocycles. The highest BCUT2D eigenvalue weighted by atomic mass is 16.3. The molecule has 0 saturated heterocycles. The van der Waals surface area contributed by atoms with Crippen LogP contribution < -0.4 is 0 Å². The van der Waals surface area contributed by atoms with Gasteiger partial charge < -0.3 is 20.4 Å². The second-order valence-corrected chi connectivity index (χ2v) is 4.84. The molecule has 0 amide bonds. The second-order valence-electron chi connectivity index (χ2n) is 4.84. The Morgan fingerprint density at radius 2 is 1.35 bits per heavy atom. The van der Waals surface area contributed by atoms with Crippen molar-refractivity contribution in [2.24, 2.45) is 0 Å². The van der Waals surface area contributed by atoms with Crippen molar-refractivity contribution in [1.82, 2.24) is 0 Å². The van der Waals surface area contributed by atoms with Crippen LogP contribution >= 0.6 is 0 Å². The zero-order chi connectivity index (χ0) is 14.5. The molecule has 0 heterocycles. The van der Waals surface area contributed by atoms with E-state index < -0.39 is 0 Å². The minimum Gasteiger partial charge on any atom is -0.508 e. The summed E-state index contributed by atoms with van der Waals surface area (Å²) in [6.45, 7) is 0. The van der Waals surface area contributed by atoms with Gasteiger partial charge in [-0.3, -0.25) is 0 Å². The van der Waals surface area contributed by atoms with Crippen molar-refractivity contribution >= 4 is 0 Å². The molecule has 0 spiro atoms. The fourth-order valence-electron chi connectivity index (χ4n) is 2.14. The molecule has 2 rings (SSSR count). The van der Waals surface area contributed by atoms with Gasteiger partial charge in [-0.15, -0.1) is 0 Å². The quantitative estimate of drug-likeness (QED) is 0.384. The molecule has 0 fully saturated rings. The standard InChI is InChI=1S/C16H18O4/c17-13-6-8-14(18)12(10-13)4-2-1-3-11-5-7-15(19)16(20)9-11/h5-10,17-20H,1-4H2. The van der Waals surface area contributed by atoms with Crippen LogP contribution in [0.1, 0.15) is 24.0 Å². The first kappa shape index (κ1) is 14.1. The van der Waals surface area contributed by atoms with Crippen molar-refractivity contribution in [3.05, 3.63) is 47.5 Å². The molecule has 0 aromatic heterocycles. The predicted octanol–water partition coefficient (Wildman–Crippen LogP) is 3.07. The van der Waals surface area contributed by atoms with Crippen LogP contribution in [-0.4, -0.2) is 20.4 Å². The lowest BCUT2D eigenvalue weighted by molar-refractivity contribution is 0.403. The smallest absolute Gasteiger partial charge is 0.157 e. The topological polar surface area (TPSA) is 80.9 Å². The molecule has 20 heavy (non-hydrogen) atoms. The predicted molar refractivity (Wildman–Crippen MR) is 76.2 cm³/mol. The lowest BCUT2D eigenvalue weighted by Crippen LogP contribution is -1.90. The minimum atomic E-state index is -0.113. The number of unbranched alkanes of at least 4 members (excludes halogenated alkanes) is 1. The number of benzene rings is 2. The Morgan fingerprint density at radius 3 is 2.10 bits per heavy atom. The maximum atomic E-state index is 9.65. The first-order valence-electron chi connectivity index (χ1n) is 6.58. The van der Waals surface area contributed by atoms with E-state index in [4.69, 9.17) is 0 Å². The number of phenols is 4. The molecule has 0 atom stereocenters. The molecule has 0 bridgehead atoms. The van der Waals surface area contributed by atoms with Crippen LogP contribution in [0.25, 0.3) is 0 Å². The Bertz CT molecular complexity index is 593. The summed E-state index contributed by atoms with van der Waals surface area (Å²) in [7, 11) is 0. The SMILES string of the molecule is Oc1ccc(O)c(CCCCc2ccc(O)c(O)c2)c1. The normalized spacial score (nSPS) is 10.6. The number of aryl methyl sites for hydroxylation is 2. The van der Waals surface area contributed by atoms with Gasteiger partial charge in [0, 0.05) is 0 Å². The van der Waals surface area contributed by atoms with E-state index in [0.717, 1.165) is 30.4 Å². The van der Waals surface area contributed by atoms with Gasteiger partial charge in [-0.2, -0.15) is 0 Å². The molecular weight excluding hydrogens is 256 g/mol. The molecule has 0 aliphatic carbocycles. The van der Waals surface area contributed by atoms with Crippen LogP contribution in [0.4, 0.5) is 0 Å². The highest BCUT2D eigenvalue weighted by Gasteiger charge is 2.04. The van der Waals surface area contributed by atoms with Crippen molar-refractivity contribution in [3.63, 3.8) is 0 Å². The van der Waals surface area contributed by atoms with Crippen LogP contribution in [0.15, 0.2) is 36.4 Å². The number of rotatable bonds is 5. The molecule has 2 aromatic carbocycles. The van der Waals surface area contributed by atoms with Gasteiger partial charge in [-0.05, 0) is 67.1 Å². The summed E-state index contributed by atoms with van der Waals surface area (Å²) >= 11 is 0. The fraction of sp³-hybridized carbons (Fsp3) is 0.250. The van der Waals surface area contributed by atoms with E-state index in [9.17, 15) is 20.4 Å². The number of phenolic OH excluding ortho intramolecular Hbond substituents is 4. The third-order valence-corrected chi connectivity index (χ3v) is 3.26. The molecule has 106 valence electrons. The lowest BCUT2D eigenvalue weighted by atomic mass is 10.0. The highest BCUT2D eigenvalue weighted by Crippen LogP contribution is 2.26. The van der Waals surface area contributed by atoms with Crippen molar-refractivity contribution in [1.29, 1.82) is 0 Å². The zero-order valence-corrected chi connectivity index (χ0v) is 11.1. The van der Waals surface area contributed by atoms with E-state index in [0.29, 0.717) is 6.42 Å². The summed E-state index contributed by atoms with van der Waals surface area (Å²) in [6.07, 6.45) is 3.22. The van der Waals surface area contributed by atoms with Gasteiger partial charge in [-0.25, -0.2) is 0 Å². The summed E-state index contributed by atoms with van der Waals surface area (Å²) in [5.41, 5.74) is 1.69. The average molecular weight is 274 g/mol. The van der Waals surface area contributed by atoms with E-state index in [1.807, 2.05) is 0 Å². The molecule has 0 saturated carbocycles. The van der Waals surface area contributed by atoms with Gasteiger partial charge in [0.05, 0.1) is 0 Å². The Hall–Kier alpha value is -2.36. The van der Waals surface area contributed by atoms with Gasteiger partial charge in [0.1, 0.15) is 11.5 Å². The maximum Gasteiger partial charge on any atom is 0.157 e. The van der Waals surface area contributed by atoms with Crippen LogP contribution in [0.3, 0.4) is 0 Å². The first-order valence-corrected chi connectivity index (χ1v) is 6.58. The molecule has 4 nitrogen and oxygen atoms in total. The Kier molecular flexibility index (Phi) is 4.35. The molecular formula is C16H18O4. The summed E-state index contributed by atoms with van der Waals surface area (Å²) < 4.78 is 0. The third-order valence-electron chi connectivity index (χ3n) is 3.26. The van der Waals surface area contributed by atoms with Gasteiger partial charge >= 0.3 is 0 Å². The molecule has 0 aliphatic rings. The number of hydrogen-bond acceptors (Lipinski definition) is 4. The Morgan fingerprint density at radius 1 is 0.650 bits per heavy atom. The molecule has 2 aromatic rings. The Labute approximate surface area is 117 Å². The summed E-state index contributed by atoms with van der Waals surface area (Å²) in [5, 5.41) is 37.6. The lowest BCUT2D eigenvalue weighted by Gasteiger charge is -2.06. The van der Waals surface area contributed by atoms with Crippen molar-refractivity contribution < 1.29 is 20.4 Å². The van der Waals surface area contributed by atoms with Crippen molar-refractivity contribution in [2.45, 2.75) is 25.7 Å². The average Bonchev–Trinajstić information content (AvgIpc) is 2.42. The molecule has 4 N–H and O–H groups in total. The number of hydrogen-bond donors (Lipinski definition) is 4. The third kappa shape index (κ3) is 3.57. The maximum absolute atomic E-state index is 9.65. The van der Waals surface area contributed by atoms with Crippen LogP contribution in [0.2, 0.25) is 0 Å². The van der Waals surface area contributed by atoms with Crippen molar-refractivity contribution in [3.8, 4) is 23.0 Å². The molecule has 4 heteroatoms. The van der Waals surface area contributed by atoms with Gasteiger partial charge in [0.2, 0.25) is 0 Å². The monoisotopic (exact) mass is 274 g/mol. The fourth-order valence-corrected chi connectivity index (χ4v) is 2.14. The van der Waals surface area contributed by atoms with Gasteiger partial charge in [0.15, 0.2) is 11.5 Å². The molecule has 0 unspecified atom stereocenters. The largest absolute Gasteiger partial charge is 0.508 e. The van der Waals surface area contributed by atoms with E-state index in [1.165, 1.54) is 18.2 Å². The van der Waals surface area contributed by atoms with Crippen LogP contribution in [0, 0.1) is 0 Å². The van der Waals surface area contributed by atoms with E-state index in [-0.39, 0.29) is 23.0 Å².